The Bertz CT molecular complexity index is 2070. The molecule has 3 N–H and O–H groups in total. The molecule has 2 aliphatic rings. The SMILES string of the molecule is CCC1=C(C)c2nc1cc1[nH]c(cc3[nH]c(cc4nc(c2Cc2[nH]cc(CC)c2CC)C(CC)=C4C)c(CC)c3C)c(CC)c1C. The van der Waals surface area contributed by atoms with Crippen molar-refractivity contribution in [3.63, 3.8) is 0 Å². The molecule has 0 unspecified atom stereocenters. The van der Waals surface area contributed by atoms with Gasteiger partial charge in [0.05, 0.1) is 22.8 Å². The van der Waals surface area contributed by atoms with Crippen LogP contribution in [0.3, 0.4) is 0 Å². The van der Waals surface area contributed by atoms with Gasteiger partial charge in [-0.05, 0) is 140 Å². The molecule has 6 rings (SSSR count). The Kier molecular flexibility index (Phi) is 8.71. The average Bonchev–Trinajstić information content (AvgIpc) is 3.82. The predicted octanol–water partition coefficient (Wildman–Crippen LogP) is 10.8. The van der Waals surface area contributed by atoms with E-state index in [0.29, 0.717) is 0 Å². The molecule has 240 valence electrons. The number of aromatic amines is 3. The number of allylic oxidation sites excluding steroid dienone is 4. The average molecular weight is 614 g/mol. The van der Waals surface area contributed by atoms with Crippen molar-refractivity contribution >= 4 is 44.4 Å². The van der Waals surface area contributed by atoms with E-state index >= 15 is 0 Å². The standard InChI is InChI=1S/C41H51N5/c1-11-26-21-42-36(31(26)16-6)17-32-40-25(10)29(14-4)39(46-40)19-34-23(8)27(12-2)37(44-34)18-33-22(7)28(13-3)38(43-33)20-35-24(9)30(15-5)41(32)45-35/h18-21,42-44H,11-17H2,1-10H3. The van der Waals surface area contributed by atoms with Gasteiger partial charge in [-0.2, -0.15) is 0 Å². The second-order valence-corrected chi connectivity index (χ2v) is 13.0. The molecule has 0 saturated carbocycles. The fourth-order valence-corrected chi connectivity index (χ4v) is 8.03. The highest BCUT2D eigenvalue weighted by molar-refractivity contribution is 5.97. The second kappa shape index (κ2) is 12.6. The molecule has 8 bridgehead atoms. The lowest BCUT2D eigenvalue weighted by Crippen LogP contribution is -2.02. The summed E-state index contributed by atoms with van der Waals surface area (Å²) in [7, 11) is 0. The van der Waals surface area contributed by atoms with Gasteiger partial charge in [-0.15, -0.1) is 0 Å². The Balaban J connectivity index is 1.82. The number of hydrogen-bond acceptors (Lipinski definition) is 2. The molecular weight excluding hydrogens is 562 g/mol. The van der Waals surface area contributed by atoms with E-state index in [-0.39, 0.29) is 0 Å². The summed E-state index contributed by atoms with van der Waals surface area (Å²) in [5.41, 5.74) is 24.8. The van der Waals surface area contributed by atoms with Crippen molar-refractivity contribution in [2.75, 3.05) is 0 Å². The Morgan fingerprint density at radius 2 is 1.09 bits per heavy atom. The van der Waals surface area contributed by atoms with E-state index in [0.717, 1.165) is 84.3 Å². The molecule has 0 amide bonds. The van der Waals surface area contributed by atoms with Crippen LogP contribution in [0.1, 0.15) is 136 Å². The Labute approximate surface area is 274 Å². The number of hydrogen-bond donors (Lipinski definition) is 3. The normalized spacial score (nSPS) is 13.4. The Hall–Kier alpha value is -4.12. The molecular formula is C41H51N5. The van der Waals surface area contributed by atoms with Crippen molar-refractivity contribution in [2.24, 2.45) is 0 Å². The van der Waals surface area contributed by atoms with Crippen molar-refractivity contribution in [1.82, 2.24) is 24.9 Å². The molecule has 0 fully saturated rings. The van der Waals surface area contributed by atoms with Gasteiger partial charge < -0.3 is 15.0 Å². The summed E-state index contributed by atoms with van der Waals surface area (Å²) in [6.07, 6.45) is 8.80. The number of nitrogens with zero attached hydrogens (tertiary/aromatic N) is 2. The fraction of sp³-hybridized carbons (Fsp3) is 0.415. The molecule has 2 aliphatic heterocycles. The summed E-state index contributed by atoms with van der Waals surface area (Å²) in [5.74, 6) is 0. The van der Waals surface area contributed by atoms with Crippen molar-refractivity contribution in [2.45, 2.75) is 114 Å². The largest absolute Gasteiger partial charge is 0.364 e. The van der Waals surface area contributed by atoms with Crippen LogP contribution >= 0.6 is 0 Å². The van der Waals surface area contributed by atoms with Gasteiger partial charge in [0.2, 0.25) is 0 Å². The maximum atomic E-state index is 5.50. The van der Waals surface area contributed by atoms with Gasteiger partial charge in [0, 0.05) is 45.9 Å². The third kappa shape index (κ3) is 5.09. The molecule has 5 heteroatoms. The van der Waals surface area contributed by atoms with Crippen LogP contribution in [0.2, 0.25) is 0 Å². The minimum atomic E-state index is 0.777. The molecule has 5 nitrogen and oxygen atoms in total. The molecule has 4 aromatic rings. The van der Waals surface area contributed by atoms with Crippen LogP contribution in [0.15, 0.2) is 24.4 Å². The van der Waals surface area contributed by atoms with Crippen LogP contribution in [0.5, 0.6) is 0 Å². The number of aryl methyl sites for hydroxylation is 5. The lowest BCUT2D eigenvalue weighted by Gasteiger charge is -2.12. The van der Waals surface area contributed by atoms with Crippen LogP contribution in [-0.2, 0) is 32.1 Å². The summed E-state index contributed by atoms with van der Waals surface area (Å²) in [5, 5.41) is 0. The number of aromatic nitrogens is 5. The second-order valence-electron chi connectivity index (χ2n) is 13.0. The van der Waals surface area contributed by atoms with Crippen molar-refractivity contribution in [3.05, 3.63) is 91.8 Å². The molecule has 0 atom stereocenters. The molecule has 0 radical (unpaired) electrons. The molecule has 4 aromatic heterocycles. The minimum Gasteiger partial charge on any atom is -0.364 e. The van der Waals surface area contributed by atoms with Gasteiger partial charge in [-0.1, -0.05) is 41.5 Å². The Morgan fingerprint density at radius 3 is 1.67 bits per heavy atom. The lowest BCUT2D eigenvalue weighted by atomic mass is 9.93. The minimum absolute atomic E-state index is 0.777. The highest BCUT2D eigenvalue weighted by Crippen LogP contribution is 2.41. The van der Waals surface area contributed by atoms with Crippen LogP contribution in [0.4, 0.5) is 0 Å². The van der Waals surface area contributed by atoms with Gasteiger partial charge >= 0.3 is 0 Å². The molecule has 6 heterocycles. The van der Waals surface area contributed by atoms with Gasteiger partial charge in [0.1, 0.15) is 0 Å². The van der Waals surface area contributed by atoms with Crippen LogP contribution in [0, 0.1) is 13.8 Å². The first-order chi connectivity index (χ1) is 22.2. The summed E-state index contributed by atoms with van der Waals surface area (Å²) in [6, 6.07) is 6.89. The molecule has 0 aromatic carbocycles. The van der Waals surface area contributed by atoms with Crippen molar-refractivity contribution < 1.29 is 0 Å². The molecule has 0 spiro atoms. The number of H-pyrrole nitrogens is 3. The van der Waals surface area contributed by atoms with E-state index in [1.54, 1.807) is 0 Å². The van der Waals surface area contributed by atoms with Gasteiger partial charge in [0.15, 0.2) is 0 Å². The van der Waals surface area contributed by atoms with Crippen LogP contribution in [0.25, 0.3) is 44.4 Å². The highest BCUT2D eigenvalue weighted by Gasteiger charge is 2.26. The monoisotopic (exact) mass is 613 g/mol. The Morgan fingerprint density at radius 1 is 0.522 bits per heavy atom. The predicted molar refractivity (Wildman–Crippen MR) is 197 cm³/mol. The third-order valence-electron chi connectivity index (χ3n) is 10.7. The lowest BCUT2D eigenvalue weighted by molar-refractivity contribution is 0.988. The maximum Gasteiger partial charge on any atom is 0.0729 e. The van der Waals surface area contributed by atoms with Crippen LogP contribution < -0.4 is 0 Å². The highest BCUT2D eigenvalue weighted by atomic mass is 14.8. The summed E-state index contributed by atoms with van der Waals surface area (Å²) < 4.78 is 0. The first-order valence-electron chi connectivity index (χ1n) is 17.5. The van der Waals surface area contributed by atoms with E-state index in [4.69, 9.17) is 9.97 Å². The number of fused-ring (bicyclic) bond motifs is 8. The van der Waals surface area contributed by atoms with Gasteiger partial charge in [-0.25, -0.2) is 9.97 Å². The van der Waals surface area contributed by atoms with E-state index in [1.165, 1.54) is 72.4 Å². The first-order valence-corrected chi connectivity index (χ1v) is 17.5. The smallest absolute Gasteiger partial charge is 0.0729 e. The number of rotatable bonds is 8. The quantitative estimate of drug-likeness (QED) is 0.185. The molecule has 0 saturated heterocycles. The van der Waals surface area contributed by atoms with Crippen molar-refractivity contribution in [3.8, 4) is 0 Å². The van der Waals surface area contributed by atoms with E-state index < -0.39 is 0 Å². The fourth-order valence-electron chi connectivity index (χ4n) is 8.03. The molecule has 46 heavy (non-hydrogen) atoms. The van der Waals surface area contributed by atoms with Gasteiger partial charge in [0.25, 0.3) is 0 Å². The van der Waals surface area contributed by atoms with Crippen molar-refractivity contribution in [1.29, 1.82) is 0 Å². The third-order valence-corrected chi connectivity index (χ3v) is 10.7. The topological polar surface area (TPSA) is 73.2 Å². The summed E-state index contributed by atoms with van der Waals surface area (Å²) in [4.78, 5) is 22.3. The van der Waals surface area contributed by atoms with Crippen LogP contribution in [-0.4, -0.2) is 24.9 Å². The first kappa shape index (κ1) is 31.8. The summed E-state index contributed by atoms with van der Waals surface area (Å²) >= 11 is 0. The summed E-state index contributed by atoms with van der Waals surface area (Å²) in [6.45, 7) is 22.6. The zero-order valence-corrected chi connectivity index (χ0v) is 29.7. The maximum absolute atomic E-state index is 5.50. The van der Waals surface area contributed by atoms with Gasteiger partial charge in [-0.3, -0.25) is 0 Å². The number of nitrogens with one attached hydrogen (secondary N) is 3. The zero-order valence-electron chi connectivity index (χ0n) is 29.7. The van der Waals surface area contributed by atoms with E-state index in [9.17, 15) is 0 Å². The zero-order chi connectivity index (χ0) is 32.9. The van der Waals surface area contributed by atoms with E-state index in [1.807, 2.05) is 0 Å². The molecule has 0 aliphatic carbocycles. The van der Waals surface area contributed by atoms with E-state index in [2.05, 4.69) is 109 Å².